The molecule has 0 radical (unpaired) electrons. The second-order valence-electron chi connectivity index (χ2n) is 4.84. The Morgan fingerprint density at radius 2 is 1.92 bits per heavy atom. The van der Waals surface area contributed by atoms with E-state index in [1.165, 1.54) is 24.4 Å². The fraction of sp³-hybridized carbons (Fsp3) is 0.125. The van der Waals surface area contributed by atoms with Crippen molar-refractivity contribution in [2.45, 2.75) is 6.18 Å². The number of amides is 1. The molecule has 0 atom stereocenters. The Bertz CT molecular complexity index is 823. The van der Waals surface area contributed by atoms with Crippen LogP contribution in [-0.4, -0.2) is 17.4 Å². The van der Waals surface area contributed by atoms with Gasteiger partial charge in [0, 0.05) is 23.8 Å². The van der Waals surface area contributed by atoms with E-state index in [2.05, 4.69) is 10.3 Å². The molecule has 0 aliphatic rings. The van der Waals surface area contributed by atoms with Crippen LogP contribution in [0, 0.1) is 0 Å². The first kappa shape index (κ1) is 19.6. The van der Waals surface area contributed by atoms with Gasteiger partial charge in [0.25, 0.3) is 5.91 Å². The van der Waals surface area contributed by atoms with Crippen LogP contribution in [0.5, 0.6) is 0 Å². The summed E-state index contributed by atoms with van der Waals surface area (Å²) in [7, 11) is 0. The molecule has 0 bridgehead atoms. The monoisotopic (exact) mass is 408 g/mol. The number of benzene rings is 1. The van der Waals surface area contributed by atoms with Gasteiger partial charge in [-0.05, 0) is 18.2 Å². The lowest BCUT2D eigenvalue weighted by molar-refractivity contribution is -0.137. The highest BCUT2D eigenvalue weighted by Gasteiger charge is 2.34. The molecule has 2 rings (SSSR count). The first-order valence-electron chi connectivity index (χ1n) is 6.79. The third kappa shape index (κ3) is 4.87. The van der Waals surface area contributed by atoms with Crippen LogP contribution in [0.1, 0.15) is 21.6 Å². The Kier molecular flexibility index (Phi) is 6.32. The van der Waals surface area contributed by atoms with Crippen LogP contribution in [0.15, 0.2) is 42.1 Å². The van der Waals surface area contributed by atoms with Crippen LogP contribution in [0.2, 0.25) is 10.0 Å². The summed E-state index contributed by atoms with van der Waals surface area (Å²) in [4.78, 5) is 16.2. The van der Waals surface area contributed by atoms with Gasteiger partial charge in [0.15, 0.2) is 0 Å². The molecule has 0 aliphatic carbocycles. The molecule has 2 aromatic rings. The SMILES string of the molecule is O=C(NC/C(=C\Cl)c1ncc(Cl)cc1Cl)c1ccccc1C(F)(F)F. The number of halogens is 6. The first-order chi connectivity index (χ1) is 11.7. The Hall–Kier alpha value is -1.76. The number of carbonyl (C=O) groups is 1. The lowest BCUT2D eigenvalue weighted by Gasteiger charge is -2.14. The topological polar surface area (TPSA) is 42.0 Å². The van der Waals surface area contributed by atoms with Crippen LogP contribution in [0.25, 0.3) is 5.57 Å². The van der Waals surface area contributed by atoms with Crippen molar-refractivity contribution in [3.8, 4) is 0 Å². The van der Waals surface area contributed by atoms with E-state index >= 15 is 0 Å². The van der Waals surface area contributed by atoms with E-state index in [0.29, 0.717) is 10.6 Å². The van der Waals surface area contributed by atoms with Crippen molar-refractivity contribution < 1.29 is 18.0 Å². The predicted molar refractivity (Wildman–Crippen MR) is 91.9 cm³/mol. The van der Waals surface area contributed by atoms with Crippen LogP contribution < -0.4 is 5.32 Å². The van der Waals surface area contributed by atoms with Gasteiger partial charge in [-0.1, -0.05) is 46.9 Å². The summed E-state index contributed by atoms with van der Waals surface area (Å²) < 4.78 is 38.9. The van der Waals surface area contributed by atoms with Crippen LogP contribution in [0.4, 0.5) is 13.2 Å². The largest absolute Gasteiger partial charge is 0.417 e. The van der Waals surface area contributed by atoms with Crippen LogP contribution in [0.3, 0.4) is 0 Å². The van der Waals surface area contributed by atoms with Crippen LogP contribution in [-0.2, 0) is 6.18 Å². The maximum atomic E-state index is 13.0. The molecule has 3 nitrogen and oxygen atoms in total. The van der Waals surface area contributed by atoms with Gasteiger partial charge in [0.2, 0.25) is 0 Å². The third-order valence-corrected chi connectivity index (χ3v) is 3.92. The lowest BCUT2D eigenvalue weighted by Crippen LogP contribution is -2.28. The van der Waals surface area contributed by atoms with Gasteiger partial charge in [0.05, 0.1) is 26.9 Å². The van der Waals surface area contributed by atoms with E-state index in [0.717, 1.165) is 17.7 Å². The average Bonchev–Trinajstić information content (AvgIpc) is 2.56. The maximum Gasteiger partial charge on any atom is 0.417 e. The molecule has 9 heteroatoms. The molecule has 1 N–H and O–H groups in total. The summed E-state index contributed by atoms with van der Waals surface area (Å²) in [6, 6.07) is 5.92. The maximum absolute atomic E-state index is 13.0. The molecule has 132 valence electrons. The first-order valence-corrected chi connectivity index (χ1v) is 7.98. The quantitative estimate of drug-likeness (QED) is 0.733. The predicted octanol–water partition coefficient (Wildman–Crippen LogP) is 5.42. The minimum atomic E-state index is -4.64. The molecule has 1 aromatic heterocycles. The molecule has 0 spiro atoms. The zero-order chi connectivity index (χ0) is 18.6. The van der Waals surface area contributed by atoms with Crippen molar-refractivity contribution in [3.05, 3.63) is 68.9 Å². The highest BCUT2D eigenvalue weighted by molar-refractivity contribution is 6.36. The van der Waals surface area contributed by atoms with Gasteiger partial charge >= 0.3 is 6.18 Å². The molecule has 1 aromatic carbocycles. The standard InChI is InChI=1S/C16H10Cl3F3N2O/c17-6-9(14-13(19)5-10(18)8-23-14)7-24-15(25)11-3-1-2-4-12(11)16(20,21)22/h1-6,8H,7H2,(H,24,25)/b9-6+. The molecule has 0 fully saturated rings. The normalized spacial score (nSPS) is 12.2. The van der Waals surface area contributed by atoms with Crippen LogP contribution >= 0.6 is 34.8 Å². The van der Waals surface area contributed by atoms with Gasteiger partial charge in [-0.3, -0.25) is 9.78 Å². The number of carbonyl (C=O) groups excluding carboxylic acids is 1. The Morgan fingerprint density at radius 3 is 2.52 bits per heavy atom. The lowest BCUT2D eigenvalue weighted by atomic mass is 10.1. The van der Waals surface area contributed by atoms with E-state index in [1.807, 2.05) is 0 Å². The van der Waals surface area contributed by atoms with Crippen molar-refractivity contribution in [2.75, 3.05) is 6.54 Å². The molecule has 0 saturated carbocycles. The van der Waals surface area contributed by atoms with E-state index in [-0.39, 0.29) is 17.3 Å². The number of nitrogens with one attached hydrogen (secondary N) is 1. The van der Waals surface area contributed by atoms with Crippen molar-refractivity contribution in [2.24, 2.45) is 0 Å². The number of aromatic nitrogens is 1. The second kappa shape index (κ2) is 8.08. The molecule has 0 unspecified atom stereocenters. The highest BCUT2D eigenvalue weighted by Crippen LogP contribution is 2.32. The van der Waals surface area contributed by atoms with Gasteiger partial charge in [-0.25, -0.2) is 0 Å². The van der Waals surface area contributed by atoms with Crippen molar-refractivity contribution in [3.63, 3.8) is 0 Å². The van der Waals surface area contributed by atoms with E-state index in [4.69, 9.17) is 34.8 Å². The van der Waals surface area contributed by atoms with Gasteiger partial charge < -0.3 is 5.32 Å². The second-order valence-corrected chi connectivity index (χ2v) is 5.91. The zero-order valence-electron chi connectivity index (χ0n) is 12.4. The molecule has 25 heavy (non-hydrogen) atoms. The number of nitrogens with zero attached hydrogens (tertiary/aromatic N) is 1. The number of alkyl halides is 3. The summed E-state index contributed by atoms with van der Waals surface area (Å²) in [5.41, 5.74) is 0.218. The minimum absolute atomic E-state index is 0.164. The van der Waals surface area contributed by atoms with Gasteiger partial charge in [-0.15, -0.1) is 0 Å². The number of pyridine rings is 1. The summed E-state index contributed by atoms with van der Waals surface area (Å²) in [5, 5.41) is 2.89. The molecular formula is C16H10Cl3F3N2O. The van der Waals surface area contributed by atoms with E-state index in [9.17, 15) is 18.0 Å². The Labute approximate surface area is 156 Å². The zero-order valence-corrected chi connectivity index (χ0v) is 14.6. The van der Waals surface area contributed by atoms with Crippen molar-refractivity contribution in [1.29, 1.82) is 0 Å². The van der Waals surface area contributed by atoms with E-state index in [1.54, 1.807) is 0 Å². The third-order valence-electron chi connectivity index (χ3n) is 3.16. The Morgan fingerprint density at radius 1 is 1.24 bits per heavy atom. The average molecular weight is 410 g/mol. The fourth-order valence-electron chi connectivity index (χ4n) is 2.02. The summed E-state index contributed by atoms with van der Waals surface area (Å²) in [6.45, 7) is -0.164. The molecule has 0 aliphatic heterocycles. The van der Waals surface area contributed by atoms with Gasteiger partial charge in [0.1, 0.15) is 0 Å². The molecule has 1 amide bonds. The van der Waals surface area contributed by atoms with Crippen molar-refractivity contribution >= 4 is 46.3 Å². The molecular weight excluding hydrogens is 400 g/mol. The Balaban J connectivity index is 2.19. The molecule has 1 heterocycles. The minimum Gasteiger partial charge on any atom is -0.348 e. The number of rotatable bonds is 4. The van der Waals surface area contributed by atoms with E-state index < -0.39 is 23.2 Å². The van der Waals surface area contributed by atoms with Crippen molar-refractivity contribution in [1.82, 2.24) is 10.3 Å². The summed E-state index contributed by atoms with van der Waals surface area (Å²) in [5.74, 6) is -0.894. The number of hydrogen-bond donors (Lipinski definition) is 1. The summed E-state index contributed by atoms with van der Waals surface area (Å²) in [6.07, 6.45) is -3.30. The number of hydrogen-bond acceptors (Lipinski definition) is 2. The highest BCUT2D eigenvalue weighted by atomic mass is 35.5. The molecule has 0 saturated heterocycles. The smallest absolute Gasteiger partial charge is 0.348 e. The van der Waals surface area contributed by atoms with Gasteiger partial charge in [-0.2, -0.15) is 13.2 Å². The summed E-state index contributed by atoms with van der Waals surface area (Å²) >= 11 is 17.5. The fourth-order valence-corrected chi connectivity index (χ4v) is 2.71.